The lowest BCUT2D eigenvalue weighted by Crippen LogP contribution is -3.12. The molecular weight excluding hydrogens is 386 g/mol. The van der Waals surface area contributed by atoms with E-state index < -0.39 is 0 Å². The van der Waals surface area contributed by atoms with Crippen LogP contribution in [0.5, 0.6) is 5.75 Å². The van der Waals surface area contributed by atoms with Gasteiger partial charge < -0.3 is 9.15 Å². The molecule has 0 radical (unpaired) electrons. The molecule has 0 saturated heterocycles. The van der Waals surface area contributed by atoms with Crippen molar-refractivity contribution in [1.29, 1.82) is 0 Å². The maximum absolute atomic E-state index is 12.3. The van der Waals surface area contributed by atoms with Gasteiger partial charge in [-0.1, -0.05) is 67.6 Å². The van der Waals surface area contributed by atoms with Crippen molar-refractivity contribution < 1.29 is 14.1 Å². The second-order valence-corrected chi connectivity index (χ2v) is 8.44. The van der Waals surface area contributed by atoms with Gasteiger partial charge in [-0.2, -0.15) is 0 Å². The lowest BCUT2D eigenvalue weighted by Gasteiger charge is -2.29. The van der Waals surface area contributed by atoms with Crippen LogP contribution in [0.2, 0.25) is 0 Å². The second kappa shape index (κ2) is 8.05. The van der Waals surface area contributed by atoms with Gasteiger partial charge in [-0.15, -0.1) is 0 Å². The van der Waals surface area contributed by atoms with Gasteiger partial charge in [-0.3, -0.25) is 4.90 Å². The number of hydrogen-bond acceptors (Lipinski definition) is 3. The van der Waals surface area contributed by atoms with Gasteiger partial charge in [0.1, 0.15) is 17.9 Å². The Hall–Kier alpha value is -3.37. The van der Waals surface area contributed by atoms with Crippen molar-refractivity contribution in [2.45, 2.75) is 26.3 Å². The van der Waals surface area contributed by atoms with Gasteiger partial charge in [-0.05, 0) is 29.7 Å². The molecule has 0 amide bonds. The molecule has 4 aromatic rings. The number of fused-ring (bicyclic) bond motifs is 2. The molecule has 1 unspecified atom stereocenters. The Kier molecular flexibility index (Phi) is 5.08. The molecule has 1 aliphatic heterocycles. The van der Waals surface area contributed by atoms with Crippen molar-refractivity contribution >= 4 is 11.0 Å². The van der Waals surface area contributed by atoms with Gasteiger partial charge in [0, 0.05) is 28.5 Å². The van der Waals surface area contributed by atoms with E-state index in [1.807, 2.05) is 37.3 Å². The van der Waals surface area contributed by atoms with Crippen LogP contribution in [0.25, 0.3) is 22.1 Å². The summed E-state index contributed by atoms with van der Waals surface area (Å²) in [6.45, 7) is 6.74. The molecule has 1 aromatic heterocycles. The van der Waals surface area contributed by atoms with Crippen molar-refractivity contribution in [2.24, 2.45) is 0 Å². The number of nitrogens with one attached hydrogen (secondary N) is 1. The lowest BCUT2D eigenvalue weighted by molar-refractivity contribution is -0.933. The van der Waals surface area contributed by atoms with Gasteiger partial charge >= 0.3 is 5.63 Å². The Bertz CT molecular complexity index is 1280. The highest BCUT2D eigenvalue weighted by Crippen LogP contribution is 2.36. The first kappa shape index (κ1) is 19.6. The first-order chi connectivity index (χ1) is 15.1. The zero-order chi connectivity index (χ0) is 21.4. The average molecular weight is 413 g/mol. The molecule has 5 rings (SSSR count). The minimum absolute atomic E-state index is 0.339. The van der Waals surface area contributed by atoms with Crippen LogP contribution in [0.4, 0.5) is 0 Å². The minimum atomic E-state index is -0.339. The van der Waals surface area contributed by atoms with E-state index in [0.717, 1.165) is 46.5 Å². The van der Waals surface area contributed by atoms with Crippen LogP contribution in [0.3, 0.4) is 0 Å². The average Bonchev–Trinajstić information content (AvgIpc) is 2.80. The number of ether oxygens (including phenoxy) is 1. The fourth-order valence-corrected chi connectivity index (χ4v) is 4.66. The van der Waals surface area contributed by atoms with Crippen LogP contribution < -0.4 is 15.3 Å². The van der Waals surface area contributed by atoms with E-state index >= 15 is 0 Å². The van der Waals surface area contributed by atoms with Crippen LogP contribution in [0.15, 0.2) is 82.0 Å². The number of hydrogen-bond donors (Lipinski definition) is 1. The predicted octanol–water partition coefficient (Wildman–Crippen LogP) is 4.31. The maximum atomic E-state index is 12.3. The summed E-state index contributed by atoms with van der Waals surface area (Å²) in [6, 6.07) is 24.4. The molecule has 156 valence electrons. The van der Waals surface area contributed by atoms with Crippen LogP contribution in [0, 0.1) is 6.92 Å². The Balaban J connectivity index is 1.53. The van der Waals surface area contributed by atoms with Gasteiger partial charge in [0.2, 0.25) is 6.73 Å². The number of benzene rings is 3. The van der Waals surface area contributed by atoms with Gasteiger partial charge in [0.05, 0.1) is 6.54 Å². The summed E-state index contributed by atoms with van der Waals surface area (Å²) in [5.74, 6) is 1.30. The van der Waals surface area contributed by atoms with Gasteiger partial charge in [0.25, 0.3) is 0 Å². The predicted molar refractivity (Wildman–Crippen MR) is 123 cm³/mol. The highest BCUT2D eigenvalue weighted by atomic mass is 16.5. The molecule has 2 atom stereocenters. The van der Waals surface area contributed by atoms with E-state index in [4.69, 9.17) is 9.15 Å². The van der Waals surface area contributed by atoms with Crippen LogP contribution >= 0.6 is 0 Å². The van der Waals surface area contributed by atoms with Crippen molar-refractivity contribution in [3.05, 3.63) is 99.9 Å². The summed E-state index contributed by atoms with van der Waals surface area (Å²) >= 11 is 0. The van der Waals surface area contributed by atoms with E-state index in [0.29, 0.717) is 18.2 Å². The number of aryl methyl sites for hydroxylation is 1. The molecule has 4 heteroatoms. The summed E-state index contributed by atoms with van der Waals surface area (Å²) < 4.78 is 11.8. The van der Waals surface area contributed by atoms with E-state index in [-0.39, 0.29) is 5.63 Å². The van der Waals surface area contributed by atoms with Crippen molar-refractivity contribution in [2.75, 3.05) is 13.3 Å². The molecule has 0 spiro atoms. The molecule has 1 N–H and O–H groups in total. The topological polar surface area (TPSA) is 43.9 Å². The molecule has 31 heavy (non-hydrogen) atoms. The fraction of sp³-hybridized carbons (Fsp3) is 0.222. The molecule has 3 aromatic carbocycles. The monoisotopic (exact) mass is 412 g/mol. The third kappa shape index (κ3) is 3.75. The Labute approximate surface area is 181 Å². The van der Waals surface area contributed by atoms with Crippen LogP contribution in [0.1, 0.15) is 29.5 Å². The third-order valence-electron chi connectivity index (χ3n) is 6.20. The van der Waals surface area contributed by atoms with Crippen molar-refractivity contribution in [3.63, 3.8) is 0 Å². The first-order valence-corrected chi connectivity index (χ1v) is 10.8. The maximum Gasteiger partial charge on any atom is 0.336 e. The summed E-state index contributed by atoms with van der Waals surface area (Å²) in [5.41, 5.74) is 5.61. The standard InChI is InChI=1S/C27H25NO3/c1-18(20-9-5-3-6-10-20)15-28-16-22-13-24-23(21-11-7-4-8-12-21)14-25(29)31-27(24)19(2)26(22)30-17-28/h3-14,18H,15-17H2,1-2H3/p+1/t18-/m1/s1. The first-order valence-electron chi connectivity index (χ1n) is 10.8. The number of rotatable bonds is 4. The molecular formula is C27H26NO3+. The minimum Gasteiger partial charge on any atom is -0.444 e. The molecule has 4 nitrogen and oxygen atoms in total. The Morgan fingerprint density at radius 1 is 1.00 bits per heavy atom. The highest BCUT2D eigenvalue weighted by molar-refractivity contribution is 5.96. The highest BCUT2D eigenvalue weighted by Gasteiger charge is 2.27. The second-order valence-electron chi connectivity index (χ2n) is 8.44. The van der Waals surface area contributed by atoms with E-state index in [1.54, 1.807) is 6.07 Å². The Morgan fingerprint density at radius 2 is 1.71 bits per heavy atom. The van der Waals surface area contributed by atoms with E-state index in [9.17, 15) is 4.79 Å². The summed E-state index contributed by atoms with van der Waals surface area (Å²) in [7, 11) is 0. The zero-order valence-electron chi connectivity index (χ0n) is 17.9. The summed E-state index contributed by atoms with van der Waals surface area (Å²) in [6.07, 6.45) is 0. The lowest BCUT2D eigenvalue weighted by atomic mass is 9.96. The van der Waals surface area contributed by atoms with Crippen molar-refractivity contribution in [3.8, 4) is 16.9 Å². The third-order valence-corrected chi connectivity index (χ3v) is 6.20. The smallest absolute Gasteiger partial charge is 0.336 e. The molecule has 1 aliphatic rings. The van der Waals surface area contributed by atoms with Gasteiger partial charge in [-0.25, -0.2) is 4.79 Å². The van der Waals surface area contributed by atoms with Gasteiger partial charge in [0.15, 0.2) is 0 Å². The molecule has 0 saturated carbocycles. The van der Waals surface area contributed by atoms with Crippen LogP contribution in [-0.2, 0) is 6.54 Å². The summed E-state index contributed by atoms with van der Waals surface area (Å²) in [5, 5.41) is 0.961. The van der Waals surface area contributed by atoms with E-state index in [1.165, 1.54) is 10.5 Å². The molecule has 0 aliphatic carbocycles. The largest absolute Gasteiger partial charge is 0.444 e. The zero-order valence-corrected chi connectivity index (χ0v) is 17.9. The SMILES string of the molecule is Cc1c2c(cc3c(-c4ccccc4)cc(=O)oc13)C[NH+](C[C@@H](C)c1ccccc1)CO2. The van der Waals surface area contributed by atoms with Crippen LogP contribution in [-0.4, -0.2) is 13.3 Å². The molecule has 0 bridgehead atoms. The molecule has 0 fully saturated rings. The quantitative estimate of drug-likeness (QED) is 0.508. The normalized spacial score (nSPS) is 16.5. The molecule has 2 heterocycles. The fourth-order valence-electron chi connectivity index (χ4n) is 4.66. The number of quaternary nitrogens is 1. The Morgan fingerprint density at radius 3 is 2.45 bits per heavy atom. The van der Waals surface area contributed by atoms with Crippen molar-refractivity contribution in [1.82, 2.24) is 0 Å². The summed E-state index contributed by atoms with van der Waals surface area (Å²) in [4.78, 5) is 13.7. The van der Waals surface area contributed by atoms with E-state index in [2.05, 4.69) is 43.3 Å².